The quantitative estimate of drug-likeness (QED) is 0.541. The Morgan fingerprint density at radius 2 is 1.66 bits per heavy atom. The molecule has 3 aromatic carbocycles. The van der Waals surface area contributed by atoms with Crippen LogP contribution < -0.4 is 14.8 Å². The molecule has 0 fully saturated rings. The van der Waals surface area contributed by atoms with Crippen molar-refractivity contribution in [1.29, 1.82) is 0 Å². The highest BCUT2D eigenvalue weighted by molar-refractivity contribution is 7.92. The zero-order valence-corrected chi connectivity index (χ0v) is 17.6. The van der Waals surface area contributed by atoms with E-state index in [0.717, 1.165) is 17.7 Å². The zero-order chi connectivity index (χ0) is 23.4. The number of methoxy groups -OCH3 is 1. The lowest BCUT2D eigenvalue weighted by Crippen LogP contribution is -2.23. The van der Waals surface area contributed by atoms with Gasteiger partial charge < -0.3 is 10.1 Å². The van der Waals surface area contributed by atoms with E-state index in [2.05, 4.69) is 10.0 Å². The Morgan fingerprint density at radius 1 is 0.969 bits per heavy atom. The number of carbonyl (C=O) groups excluding carboxylic acids is 1. The number of amides is 1. The van der Waals surface area contributed by atoms with Crippen LogP contribution in [-0.2, 0) is 22.7 Å². The van der Waals surface area contributed by atoms with Gasteiger partial charge in [0.15, 0.2) is 0 Å². The molecule has 0 aliphatic rings. The van der Waals surface area contributed by atoms with Crippen LogP contribution in [0, 0.1) is 0 Å². The second kappa shape index (κ2) is 9.31. The molecule has 3 aromatic rings. The van der Waals surface area contributed by atoms with Crippen LogP contribution in [0.15, 0.2) is 77.7 Å². The number of alkyl halides is 3. The molecule has 3 rings (SSSR count). The first-order valence-electron chi connectivity index (χ1n) is 9.30. The summed E-state index contributed by atoms with van der Waals surface area (Å²) in [6.07, 6.45) is -4.60. The van der Waals surface area contributed by atoms with Crippen LogP contribution in [-0.4, -0.2) is 21.4 Å². The predicted octanol–water partition coefficient (Wildman–Crippen LogP) is 4.44. The van der Waals surface area contributed by atoms with E-state index in [4.69, 9.17) is 4.74 Å². The van der Waals surface area contributed by atoms with E-state index in [-0.39, 0.29) is 22.7 Å². The molecule has 0 aromatic heterocycles. The molecule has 0 bridgehead atoms. The SMILES string of the molecule is COc1cccc(CNC(=O)c2ccc(S(=O)(=O)Nc3cccc(C(F)(F)F)c3)cc2)c1. The third-order valence-corrected chi connectivity index (χ3v) is 5.85. The number of anilines is 1. The summed E-state index contributed by atoms with van der Waals surface area (Å²) in [4.78, 5) is 12.1. The summed E-state index contributed by atoms with van der Waals surface area (Å²) in [7, 11) is -2.61. The minimum atomic E-state index is -4.60. The fraction of sp³-hybridized carbons (Fsp3) is 0.136. The lowest BCUT2D eigenvalue weighted by atomic mass is 10.2. The van der Waals surface area contributed by atoms with Crippen molar-refractivity contribution in [3.63, 3.8) is 0 Å². The second-order valence-electron chi connectivity index (χ2n) is 6.74. The molecule has 0 spiro atoms. The van der Waals surface area contributed by atoms with Crippen molar-refractivity contribution in [1.82, 2.24) is 5.32 Å². The van der Waals surface area contributed by atoms with E-state index in [1.165, 1.54) is 37.4 Å². The number of hydrogen-bond acceptors (Lipinski definition) is 4. The number of sulfonamides is 1. The summed E-state index contributed by atoms with van der Waals surface area (Å²) in [5, 5.41) is 2.72. The highest BCUT2D eigenvalue weighted by Gasteiger charge is 2.30. The van der Waals surface area contributed by atoms with Crippen molar-refractivity contribution in [2.45, 2.75) is 17.6 Å². The molecular weight excluding hydrogens is 445 g/mol. The molecule has 0 atom stereocenters. The van der Waals surface area contributed by atoms with Gasteiger partial charge >= 0.3 is 6.18 Å². The van der Waals surface area contributed by atoms with Gasteiger partial charge in [0.2, 0.25) is 0 Å². The van der Waals surface area contributed by atoms with Gasteiger partial charge in [-0.3, -0.25) is 9.52 Å². The Balaban J connectivity index is 1.68. The molecule has 2 N–H and O–H groups in total. The van der Waals surface area contributed by atoms with Gasteiger partial charge in [0.05, 0.1) is 17.6 Å². The number of hydrogen-bond donors (Lipinski definition) is 2. The lowest BCUT2D eigenvalue weighted by molar-refractivity contribution is -0.137. The van der Waals surface area contributed by atoms with Crippen molar-refractivity contribution in [2.24, 2.45) is 0 Å². The maximum Gasteiger partial charge on any atom is 0.416 e. The molecule has 0 aliphatic heterocycles. The van der Waals surface area contributed by atoms with Crippen LogP contribution in [0.4, 0.5) is 18.9 Å². The minimum Gasteiger partial charge on any atom is -0.497 e. The first-order valence-corrected chi connectivity index (χ1v) is 10.8. The largest absolute Gasteiger partial charge is 0.497 e. The maximum atomic E-state index is 12.8. The van der Waals surface area contributed by atoms with Gasteiger partial charge in [-0.1, -0.05) is 18.2 Å². The standard InChI is InChI=1S/C22H19F3N2O4S/c1-31-19-7-2-4-15(12-19)14-26-21(28)16-8-10-20(11-9-16)32(29,30)27-18-6-3-5-17(13-18)22(23,24)25/h2-13,27H,14H2,1H3,(H,26,28). The molecule has 0 aliphatic carbocycles. The molecule has 32 heavy (non-hydrogen) atoms. The summed E-state index contributed by atoms with van der Waals surface area (Å²) in [5.41, 5.74) is -0.145. The molecular formula is C22H19F3N2O4S. The Bertz CT molecular complexity index is 1210. The summed E-state index contributed by atoms with van der Waals surface area (Å²) < 4.78 is 70.8. The van der Waals surface area contributed by atoms with Gasteiger partial charge in [-0.15, -0.1) is 0 Å². The molecule has 0 saturated carbocycles. The van der Waals surface area contributed by atoms with E-state index in [9.17, 15) is 26.4 Å². The topological polar surface area (TPSA) is 84.5 Å². The van der Waals surface area contributed by atoms with E-state index < -0.39 is 27.7 Å². The molecule has 6 nitrogen and oxygen atoms in total. The molecule has 0 unspecified atom stereocenters. The van der Waals surface area contributed by atoms with Crippen LogP contribution in [0.25, 0.3) is 0 Å². The average Bonchev–Trinajstić information content (AvgIpc) is 2.77. The van der Waals surface area contributed by atoms with E-state index in [1.807, 2.05) is 6.07 Å². The minimum absolute atomic E-state index is 0.195. The Labute approximate surface area is 183 Å². The van der Waals surface area contributed by atoms with Crippen LogP contribution >= 0.6 is 0 Å². The fourth-order valence-corrected chi connectivity index (χ4v) is 3.87. The summed E-state index contributed by atoms with van der Waals surface area (Å²) >= 11 is 0. The monoisotopic (exact) mass is 464 g/mol. The summed E-state index contributed by atoms with van der Waals surface area (Å²) in [6, 6.07) is 16.1. The number of ether oxygens (including phenoxy) is 1. The smallest absolute Gasteiger partial charge is 0.416 e. The maximum absolute atomic E-state index is 12.8. The van der Waals surface area contributed by atoms with Gasteiger partial charge in [-0.2, -0.15) is 13.2 Å². The van der Waals surface area contributed by atoms with Crippen molar-refractivity contribution in [3.05, 3.63) is 89.5 Å². The third-order valence-electron chi connectivity index (χ3n) is 4.46. The number of rotatable bonds is 7. The van der Waals surface area contributed by atoms with Crippen molar-refractivity contribution < 1.29 is 31.1 Å². The van der Waals surface area contributed by atoms with Gasteiger partial charge in [0.1, 0.15) is 5.75 Å². The van der Waals surface area contributed by atoms with E-state index >= 15 is 0 Å². The summed E-state index contributed by atoms with van der Waals surface area (Å²) in [6.45, 7) is 0.243. The van der Waals surface area contributed by atoms with Crippen LogP contribution in [0.1, 0.15) is 21.5 Å². The number of benzene rings is 3. The van der Waals surface area contributed by atoms with E-state index in [1.54, 1.807) is 18.2 Å². The molecule has 1 amide bonds. The van der Waals surface area contributed by atoms with Crippen molar-refractivity contribution in [3.8, 4) is 5.75 Å². The third kappa shape index (κ3) is 5.79. The van der Waals surface area contributed by atoms with Gasteiger partial charge in [0.25, 0.3) is 15.9 Å². The predicted molar refractivity (Wildman–Crippen MR) is 113 cm³/mol. The zero-order valence-electron chi connectivity index (χ0n) is 16.8. The molecule has 168 valence electrons. The highest BCUT2D eigenvalue weighted by atomic mass is 32.2. The number of nitrogens with one attached hydrogen (secondary N) is 2. The van der Waals surface area contributed by atoms with Crippen LogP contribution in [0.2, 0.25) is 0 Å². The number of halogens is 3. The number of carbonyl (C=O) groups is 1. The first-order chi connectivity index (χ1) is 15.1. The Kier molecular flexibility index (Phi) is 6.73. The van der Waals surface area contributed by atoms with E-state index in [0.29, 0.717) is 11.8 Å². The molecule has 10 heteroatoms. The second-order valence-corrected chi connectivity index (χ2v) is 8.43. The van der Waals surface area contributed by atoms with Crippen molar-refractivity contribution >= 4 is 21.6 Å². The van der Waals surface area contributed by atoms with Crippen LogP contribution in [0.5, 0.6) is 5.75 Å². The first kappa shape index (κ1) is 23.1. The Hall–Kier alpha value is -3.53. The lowest BCUT2D eigenvalue weighted by Gasteiger charge is -2.12. The highest BCUT2D eigenvalue weighted by Crippen LogP contribution is 2.31. The Morgan fingerprint density at radius 3 is 2.31 bits per heavy atom. The summed E-state index contributed by atoms with van der Waals surface area (Å²) in [5.74, 6) is 0.238. The van der Waals surface area contributed by atoms with Crippen molar-refractivity contribution in [2.75, 3.05) is 11.8 Å². The molecule has 0 radical (unpaired) electrons. The van der Waals surface area contributed by atoms with Gasteiger partial charge in [-0.05, 0) is 60.2 Å². The van der Waals surface area contributed by atoms with Gasteiger partial charge in [-0.25, -0.2) is 8.42 Å². The van der Waals surface area contributed by atoms with Crippen LogP contribution in [0.3, 0.4) is 0 Å². The van der Waals surface area contributed by atoms with Gasteiger partial charge in [0, 0.05) is 17.8 Å². The average molecular weight is 464 g/mol. The molecule has 0 saturated heterocycles. The molecule has 0 heterocycles. The normalized spacial score (nSPS) is 11.6. The fourth-order valence-electron chi connectivity index (χ4n) is 2.83.